The van der Waals surface area contributed by atoms with E-state index in [0.717, 1.165) is 23.1 Å². The van der Waals surface area contributed by atoms with Gasteiger partial charge in [0.15, 0.2) is 0 Å². The third-order valence-electron chi connectivity index (χ3n) is 4.53. The molecule has 0 aromatic rings. The van der Waals surface area contributed by atoms with Gasteiger partial charge in [0.25, 0.3) is 0 Å². The van der Waals surface area contributed by atoms with Crippen LogP contribution in [0.25, 0.3) is 0 Å². The highest BCUT2D eigenvalue weighted by atomic mass is 32.2. The van der Waals surface area contributed by atoms with Crippen LogP contribution >= 0.6 is 11.8 Å². The average Bonchev–Trinajstić information content (AvgIpc) is 2.80. The fourth-order valence-electron chi connectivity index (χ4n) is 3.54. The molecule has 3 atom stereocenters. The minimum Gasteiger partial charge on any atom is -0.311 e. The number of piperazine rings is 1. The largest absolute Gasteiger partial charge is 0.311 e. The van der Waals surface area contributed by atoms with E-state index in [4.69, 9.17) is 0 Å². The van der Waals surface area contributed by atoms with Crippen molar-refractivity contribution in [3.63, 3.8) is 0 Å². The van der Waals surface area contributed by atoms with Crippen molar-refractivity contribution in [1.82, 2.24) is 10.2 Å². The predicted molar refractivity (Wildman–Crippen MR) is 86.9 cm³/mol. The molecule has 2 aliphatic rings. The Balaban J connectivity index is 1.91. The topological polar surface area (TPSA) is 15.3 Å². The molecule has 2 saturated heterocycles. The second-order valence-corrected chi connectivity index (χ2v) is 8.54. The Kier molecular flexibility index (Phi) is 6.04. The zero-order valence-electron chi connectivity index (χ0n) is 13.2. The zero-order chi connectivity index (χ0) is 13.8. The molecule has 3 heteroatoms. The van der Waals surface area contributed by atoms with Crippen LogP contribution in [0.2, 0.25) is 0 Å². The second-order valence-electron chi connectivity index (χ2n) is 7.14. The summed E-state index contributed by atoms with van der Waals surface area (Å²) in [6.07, 6.45) is 4.19. The SMILES string of the molecule is CC(C)CC1CN(CC2CCCS2)C(C(C)C)CN1. The summed E-state index contributed by atoms with van der Waals surface area (Å²) in [6, 6.07) is 1.45. The van der Waals surface area contributed by atoms with Gasteiger partial charge in [-0.25, -0.2) is 0 Å². The third-order valence-corrected chi connectivity index (χ3v) is 5.91. The van der Waals surface area contributed by atoms with Crippen LogP contribution in [-0.2, 0) is 0 Å². The van der Waals surface area contributed by atoms with Gasteiger partial charge in [-0.05, 0) is 36.9 Å². The van der Waals surface area contributed by atoms with Gasteiger partial charge in [0.05, 0.1) is 0 Å². The van der Waals surface area contributed by atoms with Crippen molar-refractivity contribution in [3.05, 3.63) is 0 Å². The van der Waals surface area contributed by atoms with Gasteiger partial charge in [-0.15, -0.1) is 0 Å². The van der Waals surface area contributed by atoms with Gasteiger partial charge in [-0.3, -0.25) is 4.90 Å². The summed E-state index contributed by atoms with van der Waals surface area (Å²) in [5, 5.41) is 4.69. The van der Waals surface area contributed by atoms with Gasteiger partial charge >= 0.3 is 0 Å². The molecule has 0 bridgehead atoms. The van der Waals surface area contributed by atoms with Crippen molar-refractivity contribution >= 4 is 11.8 Å². The van der Waals surface area contributed by atoms with Gasteiger partial charge in [0.1, 0.15) is 0 Å². The quantitative estimate of drug-likeness (QED) is 0.834. The molecule has 0 radical (unpaired) electrons. The monoisotopic (exact) mass is 284 g/mol. The minimum atomic E-state index is 0.710. The first-order valence-electron chi connectivity index (χ1n) is 8.15. The third kappa shape index (κ3) is 4.64. The van der Waals surface area contributed by atoms with Crippen molar-refractivity contribution in [2.75, 3.05) is 25.4 Å². The minimum absolute atomic E-state index is 0.710. The molecule has 2 heterocycles. The summed E-state index contributed by atoms with van der Waals surface area (Å²) in [5.74, 6) is 2.95. The van der Waals surface area contributed by atoms with E-state index in [0.29, 0.717) is 6.04 Å². The summed E-state index contributed by atoms with van der Waals surface area (Å²) in [4.78, 5) is 2.80. The molecule has 2 fully saturated rings. The van der Waals surface area contributed by atoms with Gasteiger partial charge in [-0.1, -0.05) is 27.7 Å². The predicted octanol–water partition coefficient (Wildman–Crippen LogP) is 3.23. The molecule has 0 amide bonds. The molecule has 2 nitrogen and oxygen atoms in total. The maximum absolute atomic E-state index is 3.79. The Labute approximate surface area is 124 Å². The first-order chi connectivity index (χ1) is 9.06. The molecule has 3 unspecified atom stereocenters. The lowest BCUT2D eigenvalue weighted by Crippen LogP contribution is -2.59. The molecule has 0 spiro atoms. The van der Waals surface area contributed by atoms with Gasteiger partial charge in [-0.2, -0.15) is 11.8 Å². The van der Waals surface area contributed by atoms with Gasteiger partial charge in [0, 0.05) is 37.0 Å². The van der Waals surface area contributed by atoms with Crippen LogP contribution in [-0.4, -0.2) is 47.6 Å². The van der Waals surface area contributed by atoms with Crippen LogP contribution in [0, 0.1) is 11.8 Å². The van der Waals surface area contributed by atoms with Crippen molar-refractivity contribution in [1.29, 1.82) is 0 Å². The lowest BCUT2D eigenvalue weighted by Gasteiger charge is -2.43. The Morgan fingerprint density at radius 3 is 2.63 bits per heavy atom. The van der Waals surface area contributed by atoms with E-state index in [2.05, 4.69) is 49.7 Å². The molecule has 19 heavy (non-hydrogen) atoms. The molecule has 1 N–H and O–H groups in total. The molecule has 0 saturated carbocycles. The summed E-state index contributed by atoms with van der Waals surface area (Å²) in [7, 11) is 0. The number of hydrogen-bond acceptors (Lipinski definition) is 3. The number of thioether (sulfide) groups is 1. The van der Waals surface area contributed by atoms with Crippen LogP contribution in [0.3, 0.4) is 0 Å². The molecular weight excluding hydrogens is 252 g/mol. The van der Waals surface area contributed by atoms with E-state index in [9.17, 15) is 0 Å². The summed E-state index contributed by atoms with van der Waals surface area (Å²) in [5.41, 5.74) is 0. The lowest BCUT2D eigenvalue weighted by atomic mass is 9.94. The maximum atomic E-state index is 3.79. The summed E-state index contributed by atoms with van der Waals surface area (Å²) < 4.78 is 0. The fourth-order valence-corrected chi connectivity index (χ4v) is 4.84. The second kappa shape index (κ2) is 7.33. The van der Waals surface area contributed by atoms with Crippen LogP contribution in [0.1, 0.15) is 47.0 Å². The average molecular weight is 285 g/mol. The maximum Gasteiger partial charge on any atom is 0.0244 e. The summed E-state index contributed by atoms with van der Waals surface area (Å²) >= 11 is 2.20. The standard InChI is InChI=1S/C16H32N2S/c1-12(2)8-14-10-18(11-15-6-5-7-19-15)16(9-17-14)13(3)4/h12-17H,5-11H2,1-4H3. The Morgan fingerprint density at radius 1 is 1.26 bits per heavy atom. The molecule has 2 aliphatic heterocycles. The van der Waals surface area contributed by atoms with E-state index in [1.807, 2.05) is 0 Å². The van der Waals surface area contributed by atoms with Crippen molar-refractivity contribution in [2.24, 2.45) is 11.8 Å². The first kappa shape index (κ1) is 15.7. The van der Waals surface area contributed by atoms with Crippen molar-refractivity contribution in [3.8, 4) is 0 Å². The highest BCUT2D eigenvalue weighted by molar-refractivity contribution is 8.00. The Morgan fingerprint density at radius 2 is 2.05 bits per heavy atom. The van der Waals surface area contributed by atoms with Crippen LogP contribution in [0.4, 0.5) is 0 Å². The van der Waals surface area contributed by atoms with Crippen LogP contribution in [0.5, 0.6) is 0 Å². The Hall–Kier alpha value is 0.270. The van der Waals surface area contributed by atoms with Crippen molar-refractivity contribution in [2.45, 2.75) is 64.3 Å². The first-order valence-corrected chi connectivity index (χ1v) is 9.20. The summed E-state index contributed by atoms with van der Waals surface area (Å²) in [6.45, 7) is 13.2. The molecule has 0 aliphatic carbocycles. The van der Waals surface area contributed by atoms with Crippen LogP contribution in [0.15, 0.2) is 0 Å². The van der Waals surface area contributed by atoms with Gasteiger partial charge in [0.2, 0.25) is 0 Å². The normalized spacial score (nSPS) is 33.5. The molecule has 0 aromatic carbocycles. The van der Waals surface area contributed by atoms with E-state index >= 15 is 0 Å². The van der Waals surface area contributed by atoms with Gasteiger partial charge < -0.3 is 5.32 Å². The number of hydrogen-bond donors (Lipinski definition) is 1. The van der Waals surface area contributed by atoms with E-state index in [1.165, 1.54) is 44.6 Å². The zero-order valence-corrected chi connectivity index (χ0v) is 14.0. The van der Waals surface area contributed by atoms with E-state index in [-0.39, 0.29) is 0 Å². The molecule has 112 valence electrons. The number of rotatable bonds is 5. The van der Waals surface area contributed by atoms with Crippen molar-refractivity contribution < 1.29 is 0 Å². The van der Waals surface area contributed by atoms with Crippen LogP contribution < -0.4 is 5.32 Å². The highest BCUT2D eigenvalue weighted by Crippen LogP contribution is 2.29. The molecule has 0 aromatic heterocycles. The number of nitrogens with one attached hydrogen (secondary N) is 1. The molecular formula is C16H32N2S. The number of nitrogens with zero attached hydrogens (tertiary/aromatic N) is 1. The van der Waals surface area contributed by atoms with E-state index in [1.54, 1.807) is 0 Å². The highest BCUT2D eigenvalue weighted by Gasteiger charge is 2.32. The van der Waals surface area contributed by atoms with E-state index < -0.39 is 0 Å². The Bertz CT molecular complexity index is 261. The smallest absolute Gasteiger partial charge is 0.0244 e. The fraction of sp³-hybridized carbons (Fsp3) is 1.00. The molecule has 2 rings (SSSR count). The lowest BCUT2D eigenvalue weighted by molar-refractivity contribution is 0.0925.